The highest BCUT2D eigenvalue weighted by molar-refractivity contribution is 5.44. The molecule has 0 atom stereocenters. The van der Waals surface area contributed by atoms with Crippen LogP contribution in [0.5, 0.6) is 17.2 Å². The van der Waals surface area contributed by atoms with Gasteiger partial charge in [-0.25, -0.2) is 4.39 Å². The molecule has 0 fully saturated rings. The summed E-state index contributed by atoms with van der Waals surface area (Å²) in [6.45, 7) is 0. The number of ether oxygens (including phenoxy) is 2. The van der Waals surface area contributed by atoms with Gasteiger partial charge in [0.15, 0.2) is 11.5 Å². The van der Waals surface area contributed by atoms with Crippen LogP contribution in [0.2, 0.25) is 0 Å². The zero-order chi connectivity index (χ0) is 13.8. The van der Waals surface area contributed by atoms with Gasteiger partial charge in [-0.1, -0.05) is 0 Å². The predicted molar refractivity (Wildman–Crippen MR) is 66.1 cm³/mol. The quantitative estimate of drug-likeness (QED) is 0.625. The van der Waals surface area contributed by atoms with Gasteiger partial charge in [0.2, 0.25) is 0 Å². The van der Waals surface area contributed by atoms with E-state index in [1.54, 1.807) is 0 Å². The zero-order valence-electron chi connectivity index (χ0n) is 10.00. The molecule has 0 N–H and O–H groups in total. The third-order valence-corrected chi connectivity index (χ3v) is 2.40. The van der Waals surface area contributed by atoms with E-state index in [-0.39, 0.29) is 11.4 Å². The summed E-state index contributed by atoms with van der Waals surface area (Å²) in [5.41, 5.74) is -0.0430. The van der Waals surface area contributed by atoms with Gasteiger partial charge in [-0.2, -0.15) is 0 Å². The average molecular weight is 263 g/mol. The Hall–Kier alpha value is -2.63. The second-order valence-corrected chi connectivity index (χ2v) is 3.65. The smallest absolute Gasteiger partial charge is 0.269 e. The first-order chi connectivity index (χ1) is 9.10. The van der Waals surface area contributed by atoms with Gasteiger partial charge in [0.25, 0.3) is 5.69 Å². The SMILES string of the molecule is COc1ccc(F)cc1Oc1ccc([N+](=O)[O-])cc1. The summed E-state index contributed by atoms with van der Waals surface area (Å²) >= 11 is 0. The summed E-state index contributed by atoms with van der Waals surface area (Å²) < 4.78 is 23.6. The number of non-ortho nitro benzene ring substituents is 1. The summed E-state index contributed by atoms with van der Waals surface area (Å²) in [5, 5.41) is 10.5. The summed E-state index contributed by atoms with van der Waals surface area (Å²) in [6, 6.07) is 9.35. The number of nitrogens with zero attached hydrogens (tertiary/aromatic N) is 1. The lowest BCUT2D eigenvalue weighted by atomic mass is 10.3. The Morgan fingerprint density at radius 2 is 1.79 bits per heavy atom. The lowest BCUT2D eigenvalue weighted by molar-refractivity contribution is -0.384. The van der Waals surface area contributed by atoms with Crippen LogP contribution in [0.25, 0.3) is 0 Å². The lowest BCUT2D eigenvalue weighted by Crippen LogP contribution is -1.92. The molecule has 2 rings (SSSR count). The van der Waals surface area contributed by atoms with Gasteiger partial charge in [0.1, 0.15) is 11.6 Å². The Morgan fingerprint density at radius 1 is 1.11 bits per heavy atom. The summed E-state index contributed by atoms with van der Waals surface area (Å²) in [6.07, 6.45) is 0. The largest absolute Gasteiger partial charge is 0.493 e. The fraction of sp³-hybridized carbons (Fsp3) is 0.0769. The molecule has 0 aliphatic carbocycles. The first-order valence-corrected chi connectivity index (χ1v) is 5.36. The lowest BCUT2D eigenvalue weighted by Gasteiger charge is -2.09. The minimum absolute atomic E-state index is 0.0430. The molecule has 0 unspecified atom stereocenters. The molecule has 0 saturated heterocycles. The van der Waals surface area contributed by atoms with E-state index in [2.05, 4.69) is 0 Å². The summed E-state index contributed by atoms with van der Waals surface area (Å²) in [4.78, 5) is 10.0. The van der Waals surface area contributed by atoms with E-state index in [1.807, 2.05) is 0 Å². The van der Waals surface area contributed by atoms with Crippen molar-refractivity contribution in [3.8, 4) is 17.2 Å². The van der Waals surface area contributed by atoms with Crippen LogP contribution in [0.15, 0.2) is 42.5 Å². The first-order valence-electron chi connectivity index (χ1n) is 5.36. The van der Waals surface area contributed by atoms with E-state index >= 15 is 0 Å². The van der Waals surface area contributed by atoms with Crippen molar-refractivity contribution in [1.82, 2.24) is 0 Å². The normalized spacial score (nSPS) is 10.0. The number of nitro benzene ring substituents is 1. The van der Waals surface area contributed by atoms with Gasteiger partial charge in [-0.15, -0.1) is 0 Å². The Labute approximate surface area is 108 Å². The molecule has 0 aliphatic rings. The van der Waals surface area contributed by atoms with Crippen molar-refractivity contribution >= 4 is 5.69 Å². The zero-order valence-corrected chi connectivity index (χ0v) is 10.00. The highest BCUT2D eigenvalue weighted by Crippen LogP contribution is 2.32. The molecule has 19 heavy (non-hydrogen) atoms. The second kappa shape index (κ2) is 5.34. The minimum atomic E-state index is -0.507. The third-order valence-electron chi connectivity index (χ3n) is 2.40. The van der Waals surface area contributed by atoms with Crippen LogP contribution in [-0.2, 0) is 0 Å². The summed E-state index contributed by atoms with van der Waals surface area (Å²) in [7, 11) is 1.44. The number of benzene rings is 2. The maximum Gasteiger partial charge on any atom is 0.269 e. The van der Waals surface area contributed by atoms with Crippen molar-refractivity contribution < 1.29 is 18.8 Å². The molecule has 0 amide bonds. The second-order valence-electron chi connectivity index (χ2n) is 3.65. The summed E-state index contributed by atoms with van der Waals surface area (Å²) in [5.74, 6) is 0.475. The number of hydrogen-bond acceptors (Lipinski definition) is 4. The van der Waals surface area contributed by atoms with Crippen LogP contribution in [0.4, 0.5) is 10.1 Å². The van der Waals surface area contributed by atoms with Crippen molar-refractivity contribution in [3.05, 3.63) is 58.4 Å². The molecule has 5 nitrogen and oxygen atoms in total. The Bertz CT molecular complexity index is 598. The predicted octanol–water partition coefficient (Wildman–Crippen LogP) is 3.53. The van der Waals surface area contributed by atoms with Crippen LogP contribution in [-0.4, -0.2) is 12.0 Å². The molecule has 0 bridgehead atoms. The standard InChI is InChI=1S/C13H10FNO4/c1-18-12-7-2-9(14)8-13(12)19-11-5-3-10(4-6-11)15(16)17/h2-8H,1H3. The fourth-order valence-corrected chi connectivity index (χ4v) is 1.49. The van der Waals surface area contributed by atoms with E-state index in [0.29, 0.717) is 11.5 Å². The van der Waals surface area contributed by atoms with Crippen molar-refractivity contribution in [2.75, 3.05) is 7.11 Å². The molecule has 0 spiro atoms. The molecule has 2 aromatic rings. The van der Waals surface area contributed by atoms with Crippen molar-refractivity contribution in [2.24, 2.45) is 0 Å². The van der Waals surface area contributed by atoms with Crippen LogP contribution in [0, 0.1) is 15.9 Å². The highest BCUT2D eigenvalue weighted by Gasteiger charge is 2.09. The molecule has 0 aromatic heterocycles. The maximum atomic E-state index is 13.1. The van der Waals surface area contributed by atoms with Gasteiger partial charge in [-0.3, -0.25) is 10.1 Å². The third kappa shape index (κ3) is 2.98. The van der Waals surface area contributed by atoms with Crippen molar-refractivity contribution in [2.45, 2.75) is 0 Å². The van der Waals surface area contributed by atoms with E-state index < -0.39 is 10.7 Å². The molecule has 0 heterocycles. The van der Waals surface area contributed by atoms with Gasteiger partial charge < -0.3 is 9.47 Å². The van der Waals surface area contributed by atoms with Gasteiger partial charge in [-0.05, 0) is 24.3 Å². The number of halogens is 1. The number of nitro groups is 1. The van der Waals surface area contributed by atoms with Gasteiger partial charge in [0, 0.05) is 18.2 Å². The molecular formula is C13H10FNO4. The highest BCUT2D eigenvalue weighted by atomic mass is 19.1. The van der Waals surface area contributed by atoms with E-state index in [0.717, 1.165) is 0 Å². The van der Waals surface area contributed by atoms with Crippen LogP contribution in [0.3, 0.4) is 0 Å². The number of rotatable bonds is 4. The van der Waals surface area contributed by atoms with Crippen molar-refractivity contribution in [3.63, 3.8) is 0 Å². The van der Waals surface area contributed by atoms with Crippen LogP contribution >= 0.6 is 0 Å². The Kier molecular flexibility index (Phi) is 3.61. The van der Waals surface area contributed by atoms with Gasteiger partial charge >= 0.3 is 0 Å². The molecule has 6 heteroatoms. The minimum Gasteiger partial charge on any atom is -0.493 e. The number of methoxy groups -OCH3 is 1. The van der Waals surface area contributed by atoms with Gasteiger partial charge in [0.05, 0.1) is 12.0 Å². The number of hydrogen-bond donors (Lipinski definition) is 0. The average Bonchev–Trinajstić information content (AvgIpc) is 2.39. The maximum absolute atomic E-state index is 13.1. The van der Waals surface area contributed by atoms with E-state index in [1.165, 1.54) is 49.6 Å². The molecular weight excluding hydrogens is 253 g/mol. The Balaban J connectivity index is 2.25. The Morgan fingerprint density at radius 3 is 2.37 bits per heavy atom. The van der Waals surface area contributed by atoms with E-state index in [4.69, 9.17) is 9.47 Å². The molecule has 0 radical (unpaired) electrons. The molecule has 0 saturated carbocycles. The molecule has 2 aromatic carbocycles. The molecule has 98 valence electrons. The van der Waals surface area contributed by atoms with Crippen molar-refractivity contribution in [1.29, 1.82) is 0 Å². The molecule has 0 aliphatic heterocycles. The topological polar surface area (TPSA) is 61.6 Å². The van der Waals surface area contributed by atoms with Crippen LogP contribution < -0.4 is 9.47 Å². The van der Waals surface area contributed by atoms with Crippen LogP contribution in [0.1, 0.15) is 0 Å². The van der Waals surface area contributed by atoms with E-state index in [9.17, 15) is 14.5 Å². The fourth-order valence-electron chi connectivity index (χ4n) is 1.49. The first kappa shape index (κ1) is 12.8. The monoisotopic (exact) mass is 263 g/mol.